The van der Waals surface area contributed by atoms with Crippen molar-refractivity contribution >= 4 is 55.0 Å². The average molecular weight is 531 g/mol. The highest BCUT2D eigenvalue weighted by molar-refractivity contribution is 9.10. The normalized spacial score (nSPS) is 18.1. The Balaban J connectivity index is 1.96. The molecule has 3 aromatic rings. The van der Waals surface area contributed by atoms with E-state index in [2.05, 4.69) is 31.9 Å². The maximum Gasteiger partial charge on any atom is 0.300 e. The van der Waals surface area contributed by atoms with E-state index < -0.39 is 23.5 Å². The quantitative estimate of drug-likeness (QED) is 0.257. The molecule has 0 radical (unpaired) electrons. The van der Waals surface area contributed by atoms with Crippen LogP contribution in [0.4, 0.5) is 10.1 Å². The number of aliphatic hydroxyl groups excluding tert-OH is 1. The first-order valence-electron chi connectivity index (χ1n) is 8.95. The zero-order chi connectivity index (χ0) is 21.4. The van der Waals surface area contributed by atoms with Gasteiger partial charge in [0.25, 0.3) is 11.7 Å². The summed E-state index contributed by atoms with van der Waals surface area (Å²) in [7, 11) is 0. The van der Waals surface area contributed by atoms with Gasteiger partial charge in [0.1, 0.15) is 11.6 Å². The van der Waals surface area contributed by atoms with E-state index in [0.29, 0.717) is 11.3 Å². The molecular formula is C23H14Br2FNO3. The van der Waals surface area contributed by atoms with E-state index in [1.165, 1.54) is 23.1 Å². The minimum Gasteiger partial charge on any atom is -0.507 e. The van der Waals surface area contributed by atoms with Gasteiger partial charge in [-0.1, -0.05) is 62.2 Å². The van der Waals surface area contributed by atoms with E-state index in [0.717, 1.165) is 8.95 Å². The molecule has 0 aliphatic carbocycles. The molecule has 0 saturated carbocycles. The lowest BCUT2D eigenvalue weighted by Gasteiger charge is -2.25. The number of rotatable bonds is 3. The first kappa shape index (κ1) is 20.5. The molecule has 0 spiro atoms. The van der Waals surface area contributed by atoms with Crippen LogP contribution in [-0.4, -0.2) is 16.8 Å². The summed E-state index contributed by atoms with van der Waals surface area (Å²) in [6.07, 6.45) is 0. The molecule has 1 aliphatic rings. The van der Waals surface area contributed by atoms with Gasteiger partial charge < -0.3 is 5.11 Å². The van der Waals surface area contributed by atoms with Gasteiger partial charge in [0, 0.05) is 25.8 Å². The Morgan fingerprint density at radius 2 is 1.43 bits per heavy atom. The lowest BCUT2D eigenvalue weighted by molar-refractivity contribution is -0.132. The number of hydrogen-bond donors (Lipinski definition) is 1. The number of hydrogen-bond acceptors (Lipinski definition) is 3. The van der Waals surface area contributed by atoms with Gasteiger partial charge in [-0.05, 0) is 42.5 Å². The van der Waals surface area contributed by atoms with Crippen LogP contribution in [0.1, 0.15) is 17.2 Å². The largest absolute Gasteiger partial charge is 0.507 e. The molecule has 4 nitrogen and oxygen atoms in total. The van der Waals surface area contributed by atoms with Gasteiger partial charge >= 0.3 is 0 Å². The molecule has 1 aliphatic heterocycles. The van der Waals surface area contributed by atoms with Crippen molar-refractivity contribution in [3.05, 3.63) is 104 Å². The van der Waals surface area contributed by atoms with Crippen LogP contribution in [0, 0.1) is 5.82 Å². The molecule has 0 bridgehead atoms. The van der Waals surface area contributed by atoms with E-state index in [4.69, 9.17) is 0 Å². The van der Waals surface area contributed by atoms with Crippen molar-refractivity contribution in [2.75, 3.05) is 4.90 Å². The van der Waals surface area contributed by atoms with Crippen LogP contribution in [0.2, 0.25) is 0 Å². The average Bonchev–Trinajstić information content (AvgIpc) is 3.00. The van der Waals surface area contributed by atoms with Gasteiger partial charge in [0.2, 0.25) is 0 Å². The molecule has 150 valence electrons. The summed E-state index contributed by atoms with van der Waals surface area (Å²) in [6, 6.07) is 18.2. The third-order valence-electron chi connectivity index (χ3n) is 4.87. The second-order valence-electron chi connectivity index (χ2n) is 6.67. The van der Waals surface area contributed by atoms with Crippen molar-refractivity contribution < 1.29 is 19.1 Å². The number of carbonyl (C=O) groups is 2. The van der Waals surface area contributed by atoms with Crippen molar-refractivity contribution in [2.24, 2.45) is 0 Å². The summed E-state index contributed by atoms with van der Waals surface area (Å²) >= 11 is 6.66. The second kappa shape index (κ2) is 8.16. The van der Waals surface area contributed by atoms with Gasteiger partial charge in [-0.2, -0.15) is 0 Å². The van der Waals surface area contributed by atoms with Crippen LogP contribution in [0.5, 0.6) is 0 Å². The number of aliphatic hydroxyl groups is 1. The van der Waals surface area contributed by atoms with Crippen LogP contribution in [0.3, 0.4) is 0 Å². The predicted molar refractivity (Wildman–Crippen MR) is 119 cm³/mol. The molecule has 7 heteroatoms. The van der Waals surface area contributed by atoms with Gasteiger partial charge in [-0.3, -0.25) is 14.5 Å². The number of nitrogens with zero attached hydrogens (tertiary/aromatic N) is 1. The van der Waals surface area contributed by atoms with E-state index in [1.807, 2.05) is 0 Å². The summed E-state index contributed by atoms with van der Waals surface area (Å²) in [5.74, 6) is -2.63. The molecular weight excluding hydrogens is 517 g/mol. The number of Topliss-reactive ketones (excluding diaryl/α,β-unsaturated/α-hetero) is 1. The van der Waals surface area contributed by atoms with E-state index in [1.54, 1.807) is 54.6 Å². The zero-order valence-electron chi connectivity index (χ0n) is 15.4. The summed E-state index contributed by atoms with van der Waals surface area (Å²) in [5.41, 5.74) is 0.741. The first-order chi connectivity index (χ1) is 14.4. The Labute approximate surface area is 188 Å². The van der Waals surface area contributed by atoms with Crippen molar-refractivity contribution in [3.8, 4) is 0 Å². The number of anilines is 1. The lowest BCUT2D eigenvalue weighted by atomic mass is 9.94. The molecule has 1 N–H and O–H groups in total. The fraction of sp³-hybridized carbons (Fsp3) is 0.0435. The van der Waals surface area contributed by atoms with Crippen LogP contribution >= 0.6 is 31.9 Å². The van der Waals surface area contributed by atoms with Crippen molar-refractivity contribution in [2.45, 2.75) is 6.04 Å². The highest BCUT2D eigenvalue weighted by atomic mass is 79.9. The van der Waals surface area contributed by atoms with Crippen LogP contribution in [0.25, 0.3) is 5.76 Å². The SMILES string of the molecule is O=C1C(=O)N(c2ccc(Br)cc2)C(c2ccccc2F)C1=C(O)c1ccc(Br)cc1. The highest BCUT2D eigenvalue weighted by Gasteiger charge is 2.47. The smallest absolute Gasteiger partial charge is 0.300 e. The molecule has 4 rings (SSSR count). The zero-order valence-corrected chi connectivity index (χ0v) is 18.5. The maximum atomic E-state index is 14.8. The summed E-state index contributed by atoms with van der Waals surface area (Å²) < 4.78 is 16.4. The second-order valence-corrected chi connectivity index (χ2v) is 8.51. The third kappa shape index (κ3) is 3.59. The molecule has 1 fully saturated rings. The fourth-order valence-electron chi connectivity index (χ4n) is 3.45. The summed E-state index contributed by atoms with van der Waals surface area (Å²) in [4.78, 5) is 27.2. The Hall–Kier alpha value is -2.77. The molecule has 1 amide bonds. The van der Waals surface area contributed by atoms with Crippen LogP contribution < -0.4 is 4.90 Å². The minimum absolute atomic E-state index is 0.123. The van der Waals surface area contributed by atoms with E-state index in [-0.39, 0.29) is 16.9 Å². The van der Waals surface area contributed by atoms with E-state index in [9.17, 15) is 19.1 Å². The Morgan fingerprint density at radius 1 is 0.867 bits per heavy atom. The van der Waals surface area contributed by atoms with Gasteiger partial charge in [-0.25, -0.2) is 4.39 Å². The topological polar surface area (TPSA) is 57.6 Å². The number of carbonyl (C=O) groups excluding carboxylic acids is 2. The standard InChI is InChI=1S/C23H14Br2FNO3/c24-14-7-5-13(6-8-14)21(28)19-20(17-3-1-2-4-18(17)26)27(23(30)22(19)29)16-11-9-15(25)10-12-16/h1-12,20,28H. The van der Waals surface area contributed by atoms with Crippen molar-refractivity contribution in [1.29, 1.82) is 0 Å². The highest BCUT2D eigenvalue weighted by Crippen LogP contribution is 2.43. The molecule has 1 heterocycles. The van der Waals surface area contributed by atoms with Crippen LogP contribution in [0.15, 0.2) is 87.3 Å². The molecule has 0 aromatic heterocycles. The lowest BCUT2D eigenvalue weighted by Crippen LogP contribution is -2.29. The number of halogens is 3. The predicted octanol–water partition coefficient (Wildman–Crippen LogP) is 5.98. The molecule has 30 heavy (non-hydrogen) atoms. The van der Waals surface area contributed by atoms with Crippen molar-refractivity contribution in [1.82, 2.24) is 0 Å². The maximum absolute atomic E-state index is 14.8. The third-order valence-corrected chi connectivity index (χ3v) is 5.92. The van der Waals surface area contributed by atoms with Crippen molar-refractivity contribution in [3.63, 3.8) is 0 Å². The van der Waals surface area contributed by atoms with Gasteiger partial charge in [0.05, 0.1) is 11.6 Å². The molecule has 1 unspecified atom stereocenters. The fourth-order valence-corrected chi connectivity index (χ4v) is 3.98. The minimum atomic E-state index is -1.10. The molecule has 3 aromatic carbocycles. The number of benzene rings is 3. The monoisotopic (exact) mass is 529 g/mol. The Morgan fingerprint density at radius 3 is 2.03 bits per heavy atom. The van der Waals surface area contributed by atoms with Crippen LogP contribution in [-0.2, 0) is 9.59 Å². The Bertz CT molecular complexity index is 1170. The molecule has 1 atom stereocenters. The van der Waals surface area contributed by atoms with Gasteiger partial charge in [-0.15, -0.1) is 0 Å². The number of ketones is 1. The summed E-state index contributed by atoms with van der Waals surface area (Å²) in [5, 5.41) is 11.0. The Kier molecular flexibility index (Phi) is 5.58. The molecule has 1 saturated heterocycles. The summed E-state index contributed by atoms with van der Waals surface area (Å²) in [6.45, 7) is 0. The first-order valence-corrected chi connectivity index (χ1v) is 10.5. The van der Waals surface area contributed by atoms with E-state index >= 15 is 0 Å². The van der Waals surface area contributed by atoms with Gasteiger partial charge in [0.15, 0.2) is 0 Å². The number of amides is 1.